The molecule has 0 radical (unpaired) electrons. The molecule has 19 heavy (non-hydrogen) atoms. The van der Waals surface area contributed by atoms with Gasteiger partial charge in [-0.05, 0) is 56.9 Å². The van der Waals surface area contributed by atoms with Gasteiger partial charge in [0.25, 0.3) is 0 Å². The molecule has 3 atom stereocenters. The second-order valence-electron chi connectivity index (χ2n) is 7.00. The summed E-state index contributed by atoms with van der Waals surface area (Å²) in [4.78, 5) is 2.72. The molecular weight excluding hydrogens is 236 g/mol. The Morgan fingerprint density at radius 2 is 1.89 bits per heavy atom. The predicted molar refractivity (Wildman–Crippen MR) is 80.2 cm³/mol. The van der Waals surface area contributed by atoms with E-state index in [4.69, 9.17) is 5.11 Å². The van der Waals surface area contributed by atoms with Gasteiger partial charge >= 0.3 is 0 Å². The van der Waals surface area contributed by atoms with Crippen molar-refractivity contribution < 1.29 is 5.11 Å². The number of hydrogen-bond donors (Lipinski definition) is 2. The van der Waals surface area contributed by atoms with Crippen molar-refractivity contribution in [3.63, 3.8) is 0 Å². The molecule has 0 amide bonds. The zero-order valence-electron chi connectivity index (χ0n) is 12.9. The molecule has 1 aliphatic carbocycles. The van der Waals surface area contributed by atoms with Crippen LogP contribution in [0.4, 0.5) is 0 Å². The standard InChI is InChI=1S/C16H32N2O/c1-12(2)15-9-16(17-7-4-8-19)11-18(10-15)13(3)14-5-6-14/h12-17,19H,4-11H2,1-3H3. The Kier molecular flexibility index (Phi) is 5.67. The van der Waals surface area contributed by atoms with Crippen LogP contribution in [0, 0.1) is 17.8 Å². The van der Waals surface area contributed by atoms with Gasteiger partial charge in [-0.15, -0.1) is 0 Å². The predicted octanol–water partition coefficient (Wildman–Crippen LogP) is 2.10. The second-order valence-corrected chi connectivity index (χ2v) is 7.00. The first kappa shape index (κ1) is 15.3. The molecule has 1 saturated heterocycles. The van der Waals surface area contributed by atoms with Crippen molar-refractivity contribution >= 4 is 0 Å². The van der Waals surface area contributed by atoms with E-state index in [1.807, 2.05) is 0 Å². The summed E-state index contributed by atoms with van der Waals surface area (Å²) in [6.45, 7) is 10.9. The Morgan fingerprint density at radius 1 is 1.16 bits per heavy atom. The van der Waals surface area contributed by atoms with E-state index in [9.17, 15) is 0 Å². The average Bonchev–Trinajstić information content (AvgIpc) is 3.22. The molecule has 0 bridgehead atoms. The Morgan fingerprint density at radius 3 is 2.47 bits per heavy atom. The van der Waals surface area contributed by atoms with Crippen LogP contribution in [-0.4, -0.2) is 48.3 Å². The number of nitrogens with one attached hydrogen (secondary N) is 1. The van der Waals surface area contributed by atoms with Crippen molar-refractivity contribution in [1.29, 1.82) is 0 Å². The third kappa shape index (κ3) is 4.44. The third-order valence-corrected chi connectivity index (χ3v) is 5.10. The molecule has 1 heterocycles. The van der Waals surface area contributed by atoms with Crippen LogP contribution in [0.5, 0.6) is 0 Å². The molecular formula is C16H32N2O. The summed E-state index contributed by atoms with van der Waals surface area (Å²) in [5, 5.41) is 12.6. The first-order chi connectivity index (χ1) is 9.11. The maximum absolute atomic E-state index is 8.91. The van der Waals surface area contributed by atoms with Gasteiger partial charge in [0.1, 0.15) is 0 Å². The smallest absolute Gasteiger partial charge is 0.0443 e. The van der Waals surface area contributed by atoms with Crippen molar-refractivity contribution in [1.82, 2.24) is 10.2 Å². The molecule has 0 aromatic heterocycles. The first-order valence-electron chi connectivity index (χ1n) is 8.20. The molecule has 0 aromatic carbocycles. The van der Waals surface area contributed by atoms with E-state index in [1.54, 1.807) is 0 Å². The van der Waals surface area contributed by atoms with E-state index >= 15 is 0 Å². The minimum absolute atomic E-state index is 0.301. The lowest BCUT2D eigenvalue weighted by Gasteiger charge is -2.43. The summed E-state index contributed by atoms with van der Waals surface area (Å²) in [7, 11) is 0. The fourth-order valence-corrected chi connectivity index (χ4v) is 3.40. The van der Waals surface area contributed by atoms with Crippen LogP contribution >= 0.6 is 0 Å². The molecule has 3 unspecified atom stereocenters. The quantitative estimate of drug-likeness (QED) is 0.694. The Labute approximate surface area is 118 Å². The molecule has 1 saturated carbocycles. The van der Waals surface area contributed by atoms with Crippen molar-refractivity contribution in [2.45, 2.75) is 58.5 Å². The summed E-state index contributed by atoms with van der Waals surface area (Å²) >= 11 is 0. The minimum atomic E-state index is 0.301. The van der Waals surface area contributed by atoms with Crippen LogP contribution in [0.2, 0.25) is 0 Å². The van der Waals surface area contributed by atoms with Crippen LogP contribution in [0.3, 0.4) is 0 Å². The maximum Gasteiger partial charge on any atom is 0.0443 e. The summed E-state index contributed by atoms with van der Waals surface area (Å²) in [6, 6.07) is 1.39. The van der Waals surface area contributed by atoms with E-state index in [-0.39, 0.29) is 0 Å². The summed E-state index contributed by atoms with van der Waals surface area (Å²) in [5.74, 6) is 2.56. The van der Waals surface area contributed by atoms with E-state index < -0.39 is 0 Å². The van der Waals surface area contributed by atoms with Gasteiger partial charge in [-0.2, -0.15) is 0 Å². The van der Waals surface area contributed by atoms with Crippen LogP contribution in [0.25, 0.3) is 0 Å². The topological polar surface area (TPSA) is 35.5 Å². The Hall–Kier alpha value is -0.120. The number of piperidine rings is 1. The lowest BCUT2D eigenvalue weighted by atomic mass is 9.84. The minimum Gasteiger partial charge on any atom is -0.396 e. The summed E-state index contributed by atoms with van der Waals surface area (Å²) in [5.41, 5.74) is 0. The van der Waals surface area contributed by atoms with Gasteiger partial charge in [0.15, 0.2) is 0 Å². The molecule has 0 spiro atoms. The van der Waals surface area contributed by atoms with Crippen molar-refractivity contribution in [3.8, 4) is 0 Å². The van der Waals surface area contributed by atoms with Crippen molar-refractivity contribution in [2.75, 3.05) is 26.2 Å². The van der Waals surface area contributed by atoms with Gasteiger partial charge in [-0.25, -0.2) is 0 Å². The van der Waals surface area contributed by atoms with Gasteiger partial charge in [0.05, 0.1) is 0 Å². The van der Waals surface area contributed by atoms with Crippen molar-refractivity contribution in [2.24, 2.45) is 17.8 Å². The summed E-state index contributed by atoms with van der Waals surface area (Å²) < 4.78 is 0. The molecule has 2 aliphatic rings. The number of aliphatic hydroxyl groups is 1. The number of rotatable bonds is 7. The van der Waals surface area contributed by atoms with Gasteiger partial charge in [0.2, 0.25) is 0 Å². The fraction of sp³-hybridized carbons (Fsp3) is 1.00. The molecule has 1 aliphatic heterocycles. The largest absolute Gasteiger partial charge is 0.396 e. The molecule has 2 N–H and O–H groups in total. The zero-order valence-corrected chi connectivity index (χ0v) is 12.9. The molecule has 112 valence electrons. The molecule has 3 heteroatoms. The SMILES string of the molecule is CC(C)C1CC(NCCCO)CN(C(C)C2CC2)C1. The van der Waals surface area contributed by atoms with Gasteiger partial charge in [0, 0.05) is 31.8 Å². The van der Waals surface area contributed by atoms with Crippen LogP contribution in [0.15, 0.2) is 0 Å². The molecule has 0 aromatic rings. The third-order valence-electron chi connectivity index (χ3n) is 5.10. The van der Waals surface area contributed by atoms with Gasteiger partial charge in [-0.1, -0.05) is 13.8 Å². The molecule has 2 fully saturated rings. The highest BCUT2D eigenvalue weighted by molar-refractivity contribution is 4.92. The second kappa shape index (κ2) is 7.05. The number of likely N-dealkylation sites (tertiary alicyclic amines) is 1. The summed E-state index contributed by atoms with van der Waals surface area (Å²) in [6.07, 6.45) is 5.05. The van der Waals surface area contributed by atoms with Gasteiger partial charge in [-0.3, -0.25) is 4.90 Å². The highest BCUT2D eigenvalue weighted by atomic mass is 16.3. The highest BCUT2D eigenvalue weighted by Crippen LogP contribution is 2.37. The van der Waals surface area contributed by atoms with Gasteiger partial charge < -0.3 is 10.4 Å². The average molecular weight is 268 g/mol. The highest BCUT2D eigenvalue weighted by Gasteiger charge is 2.37. The number of nitrogens with zero attached hydrogens (tertiary/aromatic N) is 1. The van der Waals surface area contributed by atoms with E-state index in [1.165, 1.54) is 32.4 Å². The normalized spacial score (nSPS) is 30.8. The van der Waals surface area contributed by atoms with E-state index in [0.717, 1.165) is 36.8 Å². The van der Waals surface area contributed by atoms with Crippen LogP contribution in [-0.2, 0) is 0 Å². The Bertz CT molecular complexity index is 265. The molecule has 3 nitrogen and oxygen atoms in total. The van der Waals surface area contributed by atoms with E-state index in [0.29, 0.717) is 12.6 Å². The maximum atomic E-state index is 8.91. The number of aliphatic hydroxyl groups excluding tert-OH is 1. The number of hydrogen-bond acceptors (Lipinski definition) is 3. The zero-order chi connectivity index (χ0) is 13.8. The van der Waals surface area contributed by atoms with Crippen LogP contribution < -0.4 is 5.32 Å². The lowest BCUT2D eigenvalue weighted by Crippen LogP contribution is -2.53. The van der Waals surface area contributed by atoms with E-state index in [2.05, 4.69) is 31.0 Å². The Balaban J connectivity index is 1.88. The monoisotopic (exact) mass is 268 g/mol. The lowest BCUT2D eigenvalue weighted by molar-refractivity contribution is 0.0756. The molecule has 2 rings (SSSR count). The first-order valence-corrected chi connectivity index (χ1v) is 8.20. The fourth-order valence-electron chi connectivity index (χ4n) is 3.40. The van der Waals surface area contributed by atoms with Crippen molar-refractivity contribution in [3.05, 3.63) is 0 Å². The van der Waals surface area contributed by atoms with Crippen LogP contribution in [0.1, 0.15) is 46.5 Å².